The second kappa shape index (κ2) is 5.42. The van der Waals surface area contributed by atoms with Crippen molar-refractivity contribution in [1.82, 2.24) is 5.32 Å². The van der Waals surface area contributed by atoms with Gasteiger partial charge in [0.05, 0.1) is 0 Å². The van der Waals surface area contributed by atoms with Crippen molar-refractivity contribution in [2.45, 2.75) is 45.6 Å². The molecule has 2 rings (SSSR count). The van der Waals surface area contributed by atoms with E-state index in [0.29, 0.717) is 5.92 Å². The number of amides is 1. The van der Waals surface area contributed by atoms with Crippen molar-refractivity contribution < 1.29 is 9.21 Å². The van der Waals surface area contributed by atoms with E-state index in [1.54, 1.807) is 6.08 Å². The molecule has 3 heteroatoms. The van der Waals surface area contributed by atoms with Crippen molar-refractivity contribution in [1.29, 1.82) is 0 Å². The van der Waals surface area contributed by atoms with Gasteiger partial charge in [0.1, 0.15) is 11.5 Å². The van der Waals surface area contributed by atoms with Gasteiger partial charge in [-0.3, -0.25) is 4.79 Å². The molecular weight excluding hydrogens is 226 g/mol. The topological polar surface area (TPSA) is 42.2 Å². The van der Waals surface area contributed by atoms with E-state index in [2.05, 4.69) is 12.2 Å². The van der Waals surface area contributed by atoms with E-state index in [1.807, 2.05) is 26.0 Å². The second-order valence-electron chi connectivity index (χ2n) is 5.21. The molecule has 0 saturated heterocycles. The summed E-state index contributed by atoms with van der Waals surface area (Å²) in [5, 5.41) is 2.88. The standard InChI is InChI=1S/C15H21NO2/c1-4-11(3)16-15(17)8-6-12-5-7-14(18-12)13-9-10(13)2/h5-8,10-11,13H,4,9H2,1-3H3,(H,16,17)/b8-6-/t10-,11-,13+/m0/s1. The van der Waals surface area contributed by atoms with Crippen LogP contribution in [-0.2, 0) is 4.79 Å². The van der Waals surface area contributed by atoms with E-state index >= 15 is 0 Å². The molecular formula is C15H21NO2. The van der Waals surface area contributed by atoms with Crippen LogP contribution >= 0.6 is 0 Å². The minimum atomic E-state index is -0.0675. The number of carbonyl (C=O) groups is 1. The lowest BCUT2D eigenvalue weighted by Crippen LogP contribution is -2.30. The molecule has 1 amide bonds. The molecule has 0 aromatic carbocycles. The number of carbonyl (C=O) groups excluding carboxylic acids is 1. The molecule has 98 valence electrons. The largest absolute Gasteiger partial charge is 0.461 e. The van der Waals surface area contributed by atoms with E-state index in [4.69, 9.17) is 4.42 Å². The smallest absolute Gasteiger partial charge is 0.244 e. The highest BCUT2D eigenvalue weighted by Crippen LogP contribution is 2.47. The first kappa shape index (κ1) is 12.9. The molecule has 3 atom stereocenters. The molecule has 1 fully saturated rings. The molecule has 1 heterocycles. The molecule has 1 aromatic heterocycles. The molecule has 3 nitrogen and oxygen atoms in total. The first-order chi connectivity index (χ1) is 8.60. The van der Waals surface area contributed by atoms with Crippen molar-refractivity contribution in [3.8, 4) is 0 Å². The molecule has 0 unspecified atom stereocenters. The van der Waals surface area contributed by atoms with Crippen LogP contribution in [0.2, 0.25) is 0 Å². The van der Waals surface area contributed by atoms with Gasteiger partial charge < -0.3 is 9.73 Å². The van der Waals surface area contributed by atoms with Gasteiger partial charge in [0, 0.05) is 18.0 Å². The summed E-state index contributed by atoms with van der Waals surface area (Å²) in [6.07, 6.45) is 5.41. The highest BCUT2D eigenvalue weighted by atomic mass is 16.3. The van der Waals surface area contributed by atoms with Gasteiger partial charge in [-0.25, -0.2) is 0 Å². The van der Waals surface area contributed by atoms with Crippen LogP contribution in [0.3, 0.4) is 0 Å². The van der Waals surface area contributed by atoms with Crippen LogP contribution in [0.5, 0.6) is 0 Å². The van der Waals surface area contributed by atoms with Crippen LogP contribution in [0, 0.1) is 5.92 Å². The van der Waals surface area contributed by atoms with Crippen molar-refractivity contribution >= 4 is 12.0 Å². The van der Waals surface area contributed by atoms with E-state index in [0.717, 1.165) is 23.9 Å². The van der Waals surface area contributed by atoms with Crippen molar-refractivity contribution in [3.05, 3.63) is 29.7 Å². The van der Waals surface area contributed by atoms with Crippen LogP contribution in [-0.4, -0.2) is 11.9 Å². The molecule has 1 aliphatic carbocycles. The van der Waals surface area contributed by atoms with Crippen LogP contribution in [0.15, 0.2) is 22.6 Å². The quantitative estimate of drug-likeness (QED) is 0.811. The summed E-state index contributed by atoms with van der Waals surface area (Å²) in [6, 6.07) is 4.15. The lowest BCUT2D eigenvalue weighted by molar-refractivity contribution is -0.117. The van der Waals surface area contributed by atoms with Gasteiger partial charge in [0.15, 0.2) is 0 Å². The maximum Gasteiger partial charge on any atom is 0.244 e. The first-order valence-electron chi connectivity index (χ1n) is 6.68. The summed E-state index contributed by atoms with van der Waals surface area (Å²) in [6.45, 7) is 6.26. The van der Waals surface area contributed by atoms with E-state index in [1.165, 1.54) is 12.5 Å². The second-order valence-corrected chi connectivity index (χ2v) is 5.21. The lowest BCUT2D eigenvalue weighted by Gasteiger charge is -2.08. The Labute approximate surface area is 108 Å². The first-order valence-corrected chi connectivity index (χ1v) is 6.68. The number of rotatable bonds is 5. The highest BCUT2D eigenvalue weighted by Gasteiger charge is 2.36. The number of hydrogen-bond donors (Lipinski definition) is 1. The van der Waals surface area contributed by atoms with Crippen molar-refractivity contribution in [3.63, 3.8) is 0 Å². The fraction of sp³-hybridized carbons (Fsp3) is 0.533. The van der Waals surface area contributed by atoms with Gasteiger partial charge in [0.2, 0.25) is 5.91 Å². The average molecular weight is 247 g/mol. The Balaban J connectivity index is 1.88. The van der Waals surface area contributed by atoms with Gasteiger partial charge in [-0.1, -0.05) is 13.8 Å². The number of nitrogens with one attached hydrogen (secondary N) is 1. The fourth-order valence-corrected chi connectivity index (χ4v) is 1.93. The summed E-state index contributed by atoms with van der Waals surface area (Å²) in [4.78, 5) is 11.6. The van der Waals surface area contributed by atoms with E-state index < -0.39 is 0 Å². The maximum absolute atomic E-state index is 11.6. The van der Waals surface area contributed by atoms with Crippen LogP contribution < -0.4 is 5.32 Å². The Hall–Kier alpha value is -1.51. The molecule has 0 bridgehead atoms. The molecule has 1 aromatic rings. The summed E-state index contributed by atoms with van der Waals surface area (Å²) in [5.41, 5.74) is 0. The Morgan fingerprint density at radius 1 is 1.61 bits per heavy atom. The Bertz CT molecular complexity index is 447. The third-order valence-corrected chi connectivity index (χ3v) is 3.52. The van der Waals surface area contributed by atoms with Crippen LogP contribution in [0.1, 0.15) is 51.1 Å². The minimum absolute atomic E-state index is 0.0675. The lowest BCUT2D eigenvalue weighted by atomic mass is 10.2. The van der Waals surface area contributed by atoms with Crippen LogP contribution in [0.25, 0.3) is 6.08 Å². The summed E-state index contributed by atoms with van der Waals surface area (Å²) >= 11 is 0. The van der Waals surface area contributed by atoms with Crippen LogP contribution in [0.4, 0.5) is 0 Å². The van der Waals surface area contributed by atoms with Gasteiger partial charge >= 0.3 is 0 Å². The maximum atomic E-state index is 11.6. The fourth-order valence-electron chi connectivity index (χ4n) is 1.93. The predicted molar refractivity (Wildman–Crippen MR) is 72.2 cm³/mol. The molecule has 0 aliphatic heterocycles. The molecule has 1 aliphatic rings. The summed E-state index contributed by atoms with van der Waals surface area (Å²) in [5.74, 6) is 3.05. The van der Waals surface area contributed by atoms with Gasteiger partial charge in [0.25, 0.3) is 0 Å². The monoisotopic (exact) mass is 247 g/mol. The molecule has 18 heavy (non-hydrogen) atoms. The molecule has 0 radical (unpaired) electrons. The normalized spacial score (nSPS) is 24.2. The molecule has 0 spiro atoms. The zero-order valence-electron chi connectivity index (χ0n) is 11.3. The zero-order valence-corrected chi connectivity index (χ0v) is 11.3. The Kier molecular flexibility index (Phi) is 3.90. The van der Waals surface area contributed by atoms with Crippen molar-refractivity contribution in [2.75, 3.05) is 0 Å². The number of furan rings is 1. The highest BCUT2D eigenvalue weighted by molar-refractivity contribution is 5.91. The SMILES string of the molecule is CC[C@H](C)NC(=O)/C=C\c1ccc([C@@H]2C[C@@H]2C)o1. The Morgan fingerprint density at radius 3 is 2.94 bits per heavy atom. The van der Waals surface area contributed by atoms with E-state index in [9.17, 15) is 4.79 Å². The molecule has 1 saturated carbocycles. The number of hydrogen-bond acceptors (Lipinski definition) is 2. The van der Waals surface area contributed by atoms with Gasteiger partial charge in [-0.05, 0) is 43.9 Å². The average Bonchev–Trinajstić information content (AvgIpc) is 2.90. The predicted octanol–water partition coefficient (Wildman–Crippen LogP) is 3.33. The molecule has 1 N–H and O–H groups in total. The summed E-state index contributed by atoms with van der Waals surface area (Å²) < 4.78 is 5.69. The summed E-state index contributed by atoms with van der Waals surface area (Å²) in [7, 11) is 0. The van der Waals surface area contributed by atoms with E-state index in [-0.39, 0.29) is 11.9 Å². The zero-order chi connectivity index (χ0) is 13.1. The Morgan fingerprint density at radius 2 is 2.33 bits per heavy atom. The van der Waals surface area contributed by atoms with Crippen molar-refractivity contribution in [2.24, 2.45) is 5.92 Å². The third-order valence-electron chi connectivity index (χ3n) is 3.52. The third kappa shape index (κ3) is 3.25. The van der Waals surface area contributed by atoms with Gasteiger partial charge in [-0.15, -0.1) is 0 Å². The minimum Gasteiger partial charge on any atom is -0.461 e. The van der Waals surface area contributed by atoms with Gasteiger partial charge in [-0.2, -0.15) is 0 Å².